The van der Waals surface area contributed by atoms with E-state index >= 15 is 0 Å². The van der Waals surface area contributed by atoms with Crippen molar-refractivity contribution in [2.45, 2.75) is 66.0 Å². The van der Waals surface area contributed by atoms with Gasteiger partial charge in [0.25, 0.3) is 0 Å². The molecule has 1 fully saturated rings. The first kappa shape index (κ1) is 15.7. The molecule has 18 heavy (non-hydrogen) atoms. The fourth-order valence-electron chi connectivity index (χ4n) is 3.01. The monoisotopic (exact) mass is 252 g/mol. The van der Waals surface area contributed by atoms with Gasteiger partial charge in [0.05, 0.1) is 0 Å². The first-order valence-corrected chi connectivity index (χ1v) is 7.48. The fourth-order valence-corrected chi connectivity index (χ4v) is 3.01. The standard InChI is InChI=1S/C16H32N2/c1-7-10-11-18-13-16(8-2,9-3)17-12-14(18)15(4,5)6/h7,10,14,17H,8-9,11-13H2,1-6H3/b10-7+. The molecule has 0 radical (unpaired) electrons. The maximum atomic E-state index is 3.83. The van der Waals surface area contributed by atoms with Crippen LogP contribution in [0.15, 0.2) is 12.2 Å². The molecule has 1 saturated heterocycles. The van der Waals surface area contributed by atoms with Gasteiger partial charge in [0.1, 0.15) is 0 Å². The van der Waals surface area contributed by atoms with E-state index in [4.69, 9.17) is 0 Å². The van der Waals surface area contributed by atoms with Gasteiger partial charge in [-0.1, -0.05) is 46.8 Å². The smallest absolute Gasteiger partial charge is 0.0304 e. The van der Waals surface area contributed by atoms with Gasteiger partial charge in [-0.25, -0.2) is 0 Å². The van der Waals surface area contributed by atoms with Crippen LogP contribution in [0.2, 0.25) is 0 Å². The topological polar surface area (TPSA) is 15.3 Å². The van der Waals surface area contributed by atoms with Crippen LogP contribution in [0.4, 0.5) is 0 Å². The van der Waals surface area contributed by atoms with Crippen LogP contribution in [-0.2, 0) is 0 Å². The third-order valence-corrected chi connectivity index (χ3v) is 4.55. The van der Waals surface area contributed by atoms with Crippen molar-refractivity contribution in [3.63, 3.8) is 0 Å². The molecule has 1 aliphatic rings. The Hall–Kier alpha value is -0.340. The normalized spacial score (nSPS) is 25.8. The zero-order chi connectivity index (χ0) is 13.8. The highest BCUT2D eigenvalue weighted by Crippen LogP contribution is 2.31. The van der Waals surface area contributed by atoms with Crippen molar-refractivity contribution in [3.8, 4) is 0 Å². The van der Waals surface area contributed by atoms with E-state index in [1.165, 1.54) is 19.4 Å². The second-order valence-corrected chi connectivity index (χ2v) is 6.75. The predicted molar refractivity (Wildman–Crippen MR) is 80.9 cm³/mol. The van der Waals surface area contributed by atoms with Gasteiger partial charge in [0.2, 0.25) is 0 Å². The van der Waals surface area contributed by atoms with E-state index in [1.54, 1.807) is 0 Å². The van der Waals surface area contributed by atoms with Gasteiger partial charge >= 0.3 is 0 Å². The Morgan fingerprint density at radius 3 is 2.33 bits per heavy atom. The van der Waals surface area contributed by atoms with E-state index in [0.717, 1.165) is 13.1 Å². The molecule has 1 rings (SSSR count). The quantitative estimate of drug-likeness (QED) is 0.771. The van der Waals surface area contributed by atoms with Crippen LogP contribution in [0.3, 0.4) is 0 Å². The molecular formula is C16H32N2. The second kappa shape index (κ2) is 6.21. The molecule has 0 aromatic carbocycles. The highest BCUT2D eigenvalue weighted by molar-refractivity contribution is 5.01. The van der Waals surface area contributed by atoms with E-state index in [1.807, 2.05) is 0 Å². The first-order chi connectivity index (χ1) is 8.38. The van der Waals surface area contributed by atoms with Gasteiger partial charge in [0, 0.05) is 31.2 Å². The van der Waals surface area contributed by atoms with Crippen LogP contribution in [0, 0.1) is 5.41 Å². The van der Waals surface area contributed by atoms with E-state index in [9.17, 15) is 0 Å². The molecule has 0 amide bonds. The lowest BCUT2D eigenvalue weighted by Crippen LogP contribution is -2.66. The molecule has 0 aromatic rings. The van der Waals surface area contributed by atoms with Crippen molar-refractivity contribution in [2.24, 2.45) is 5.41 Å². The zero-order valence-corrected chi connectivity index (χ0v) is 13.2. The summed E-state index contributed by atoms with van der Waals surface area (Å²) in [5.41, 5.74) is 0.658. The summed E-state index contributed by atoms with van der Waals surface area (Å²) < 4.78 is 0. The SMILES string of the molecule is C/C=C/CN1CC(CC)(CC)NCC1C(C)(C)C. The molecule has 0 bridgehead atoms. The molecule has 106 valence electrons. The lowest BCUT2D eigenvalue weighted by molar-refractivity contribution is 0.0273. The summed E-state index contributed by atoms with van der Waals surface area (Å²) in [4.78, 5) is 2.67. The number of allylic oxidation sites excluding steroid dienone is 1. The molecule has 1 atom stereocenters. The Bertz CT molecular complexity index is 271. The Kier molecular flexibility index (Phi) is 5.42. The Morgan fingerprint density at radius 1 is 1.28 bits per heavy atom. The molecule has 0 aromatic heterocycles. The molecule has 2 heteroatoms. The lowest BCUT2D eigenvalue weighted by atomic mass is 9.80. The number of nitrogens with one attached hydrogen (secondary N) is 1. The Morgan fingerprint density at radius 2 is 1.89 bits per heavy atom. The number of rotatable bonds is 4. The van der Waals surface area contributed by atoms with Gasteiger partial charge in [-0.3, -0.25) is 4.90 Å². The minimum atomic E-state index is 0.323. The third kappa shape index (κ3) is 3.58. The van der Waals surface area contributed by atoms with Crippen LogP contribution in [0.1, 0.15) is 54.4 Å². The van der Waals surface area contributed by atoms with Crippen molar-refractivity contribution in [1.29, 1.82) is 0 Å². The second-order valence-electron chi connectivity index (χ2n) is 6.75. The molecule has 2 nitrogen and oxygen atoms in total. The van der Waals surface area contributed by atoms with Crippen LogP contribution in [0.5, 0.6) is 0 Å². The van der Waals surface area contributed by atoms with Crippen molar-refractivity contribution in [1.82, 2.24) is 10.2 Å². The summed E-state index contributed by atoms with van der Waals surface area (Å²) in [6.45, 7) is 17.2. The molecule has 1 heterocycles. The summed E-state index contributed by atoms with van der Waals surface area (Å²) >= 11 is 0. The number of hydrogen-bond acceptors (Lipinski definition) is 2. The van der Waals surface area contributed by atoms with Crippen molar-refractivity contribution >= 4 is 0 Å². The summed E-state index contributed by atoms with van der Waals surface area (Å²) in [5, 5.41) is 3.83. The average Bonchev–Trinajstić information content (AvgIpc) is 2.34. The molecule has 1 unspecified atom stereocenters. The Labute approximate surface area is 114 Å². The predicted octanol–water partition coefficient (Wildman–Crippen LogP) is 3.44. The number of piperazine rings is 1. The molecule has 1 N–H and O–H groups in total. The fraction of sp³-hybridized carbons (Fsp3) is 0.875. The van der Waals surface area contributed by atoms with Crippen LogP contribution in [0.25, 0.3) is 0 Å². The van der Waals surface area contributed by atoms with E-state index in [-0.39, 0.29) is 0 Å². The van der Waals surface area contributed by atoms with E-state index in [0.29, 0.717) is 17.0 Å². The van der Waals surface area contributed by atoms with E-state index < -0.39 is 0 Å². The van der Waals surface area contributed by atoms with Crippen LogP contribution in [-0.4, -0.2) is 36.1 Å². The minimum Gasteiger partial charge on any atom is -0.308 e. The van der Waals surface area contributed by atoms with Gasteiger partial charge in [0.15, 0.2) is 0 Å². The van der Waals surface area contributed by atoms with Crippen LogP contribution >= 0.6 is 0 Å². The van der Waals surface area contributed by atoms with Crippen LogP contribution < -0.4 is 5.32 Å². The summed E-state index contributed by atoms with van der Waals surface area (Å²) in [6, 6.07) is 0.625. The van der Waals surface area contributed by atoms with Crippen molar-refractivity contribution in [3.05, 3.63) is 12.2 Å². The van der Waals surface area contributed by atoms with Crippen molar-refractivity contribution in [2.75, 3.05) is 19.6 Å². The molecule has 0 saturated carbocycles. The molecule has 1 aliphatic heterocycles. The van der Waals surface area contributed by atoms with Gasteiger partial charge < -0.3 is 5.32 Å². The zero-order valence-electron chi connectivity index (χ0n) is 13.2. The van der Waals surface area contributed by atoms with E-state index in [2.05, 4.69) is 63.9 Å². The summed E-state index contributed by atoms with van der Waals surface area (Å²) in [7, 11) is 0. The summed E-state index contributed by atoms with van der Waals surface area (Å²) in [5.74, 6) is 0. The largest absolute Gasteiger partial charge is 0.308 e. The van der Waals surface area contributed by atoms with Gasteiger partial charge in [-0.05, 0) is 25.2 Å². The van der Waals surface area contributed by atoms with Crippen molar-refractivity contribution < 1.29 is 0 Å². The van der Waals surface area contributed by atoms with Gasteiger partial charge in [-0.2, -0.15) is 0 Å². The maximum absolute atomic E-state index is 3.83. The summed E-state index contributed by atoms with van der Waals surface area (Å²) in [6.07, 6.45) is 6.89. The number of nitrogens with zero attached hydrogens (tertiary/aromatic N) is 1. The highest BCUT2D eigenvalue weighted by atomic mass is 15.3. The highest BCUT2D eigenvalue weighted by Gasteiger charge is 2.40. The molecule has 0 spiro atoms. The molecule has 0 aliphatic carbocycles. The Balaban J connectivity index is 2.85. The number of hydrogen-bond donors (Lipinski definition) is 1. The third-order valence-electron chi connectivity index (χ3n) is 4.55. The maximum Gasteiger partial charge on any atom is 0.0304 e. The lowest BCUT2D eigenvalue weighted by Gasteiger charge is -2.51. The first-order valence-electron chi connectivity index (χ1n) is 7.48. The molecular weight excluding hydrogens is 220 g/mol. The minimum absolute atomic E-state index is 0.323. The average molecular weight is 252 g/mol. The van der Waals surface area contributed by atoms with Gasteiger partial charge in [-0.15, -0.1) is 0 Å².